The van der Waals surface area contributed by atoms with Gasteiger partial charge in [-0.15, -0.1) is 5.10 Å². The number of fused-ring (bicyclic) bond motifs is 2. The Kier molecular flexibility index (Phi) is 2.86. The number of H-pyrrole nitrogens is 1. The third-order valence-electron chi connectivity index (χ3n) is 5.54. The molecule has 0 spiro atoms. The highest BCUT2D eigenvalue weighted by Crippen LogP contribution is 2.62. The Balaban J connectivity index is 1.79. The molecule has 1 unspecified atom stereocenters. The SMILES string of the molecule is CC1(C)C2CC[C@@](C)(C2)[C@@H]1NC(=O)c1cc([N+](=O)[O-])[nH]n1. The zero-order valence-electron chi connectivity index (χ0n) is 12.5. The summed E-state index contributed by atoms with van der Waals surface area (Å²) >= 11 is 0. The van der Waals surface area contributed by atoms with Crippen LogP contribution in [0.2, 0.25) is 0 Å². The highest BCUT2D eigenvalue weighted by Gasteiger charge is 2.59. The molecular weight excluding hydrogens is 272 g/mol. The summed E-state index contributed by atoms with van der Waals surface area (Å²) in [6.45, 7) is 6.61. The van der Waals surface area contributed by atoms with Gasteiger partial charge in [-0.3, -0.25) is 4.79 Å². The summed E-state index contributed by atoms with van der Waals surface area (Å²) in [5.74, 6) is 0.0195. The summed E-state index contributed by atoms with van der Waals surface area (Å²) in [7, 11) is 0. The molecule has 0 radical (unpaired) electrons. The molecule has 114 valence electrons. The van der Waals surface area contributed by atoms with Crippen LogP contribution < -0.4 is 5.32 Å². The topological polar surface area (TPSA) is 101 Å². The van der Waals surface area contributed by atoms with Crippen LogP contribution in [0.15, 0.2) is 6.07 Å². The highest BCUT2D eigenvalue weighted by molar-refractivity contribution is 5.93. The van der Waals surface area contributed by atoms with Crippen LogP contribution in [-0.2, 0) is 0 Å². The fraction of sp³-hybridized carbons (Fsp3) is 0.714. The van der Waals surface area contributed by atoms with Crippen molar-refractivity contribution in [3.8, 4) is 0 Å². The average molecular weight is 292 g/mol. The maximum absolute atomic E-state index is 12.3. The van der Waals surface area contributed by atoms with E-state index in [0.29, 0.717) is 5.92 Å². The minimum absolute atomic E-state index is 0.0465. The van der Waals surface area contributed by atoms with Crippen LogP contribution in [0.1, 0.15) is 50.5 Å². The molecule has 1 aromatic heterocycles. The molecule has 3 rings (SSSR count). The van der Waals surface area contributed by atoms with Crippen LogP contribution in [0.3, 0.4) is 0 Å². The summed E-state index contributed by atoms with van der Waals surface area (Å²) in [6.07, 6.45) is 3.46. The normalized spacial score (nSPS) is 33.1. The monoisotopic (exact) mass is 292 g/mol. The Labute approximate surface area is 122 Å². The number of carbonyl (C=O) groups excluding carboxylic acids is 1. The van der Waals surface area contributed by atoms with Gasteiger partial charge in [-0.05, 0) is 40.9 Å². The molecule has 2 aliphatic rings. The Bertz CT molecular complexity index is 604. The number of nitro groups is 1. The number of nitrogens with zero attached hydrogens (tertiary/aromatic N) is 2. The van der Waals surface area contributed by atoms with Gasteiger partial charge in [0.25, 0.3) is 5.91 Å². The predicted octanol–water partition coefficient (Wildman–Crippen LogP) is 2.26. The van der Waals surface area contributed by atoms with Crippen molar-refractivity contribution < 1.29 is 9.72 Å². The molecule has 1 aromatic rings. The van der Waals surface area contributed by atoms with Gasteiger partial charge in [-0.1, -0.05) is 25.9 Å². The van der Waals surface area contributed by atoms with Crippen LogP contribution in [0.5, 0.6) is 0 Å². The summed E-state index contributed by atoms with van der Waals surface area (Å²) in [5.41, 5.74) is 0.237. The van der Waals surface area contributed by atoms with E-state index in [0.717, 1.165) is 12.8 Å². The number of hydrogen-bond donors (Lipinski definition) is 2. The second kappa shape index (κ2) is 4.29. The van der Waals surface area contributed by atoms with Crippen molar-refractivity contribution >= 4 is 11.7 Å². The van der Waals surface area contributed by atoms with E-state index in [1.807, 2.05) is 0 Å². The van der Waals surface area contributed by atoms with Crippen LogP contribution >= 0.6 is 0 Å². The van der Waals surface area contributed by atoms with Crippen molar-refractivity contribution in [2.75, 3.05) is 0 Å². The van der Waals surface area contributed by atoms with E-state index in [9.17, 15) is 14.9 Å². The molecule has 2 saturated carbocycles. The maximum atomic E-state index is 12.3. The van der Waals surface area contributed by atoms with E-state index >= 15 is 0 Å². The van der Waals surface area contributed by atoms with Crippen LogP contribution in [0.25, 0.3) is 0 Å². The van der Waals surface area contributed by atoms with Crippen molar-refractivity contribution in [2.45, 2.75) is 46.1 Å². The quantitative estimate of drug-likeness (QED) is 0.659. The number of carbonyl (C=O) groups is 1. The first-order chi connectivity index (χ1) is 9.74. The second-order valence-corrected chi connectivity index (χ2v) is 7.22. The lowest BCUT2D eigenvalue weighted by Gasteiger charge is -2.42. The summed E-state index contributed by atoms with van der Waals surface area (Å²) in [6, 6.07) is 1.25. The minimum atomic E-state index is -0.591. The fourth-order valence-corrected chi connectivity index (χ4v) is 4.39. The molecule has 0 aromatic carbocycles. The summed E-state index contributed by atoms with van der Waals surface area (Å²) in [4.78, 5) is 22.4. The van der Waals surface area contributed by atoms with Gasteiger partial charge in [0, 0.05) is 6.04 Å². The van der Waals surface area contributed by atoms with Crippen molar-refractivity contribution in [3.05, 3.63) is 21.9 Å². The van der Waals surface area contributed by atoms with Gasteiger partial charge >= 0.3 is 5.82 Å². The summed E-state index contributed by atoms with van der Waals surface area (Å²) < 4.78 is 0. The van der Waals surface area contributed by atoms with Crippen LogP contribution in [0.4, 0.5) is 5.82 Å². The third kappa shape index (κ3) is 2.02. The van der Waals surface area contributed by atoms with E-state index in [1.54, 1.807) is 0 Å². The molecule has 2 bridgehead atoms. The maximum Gasteiger partial charge on any atom is 0.343 e. The number of aromatic amines is 1. The van der Waals surface area contributed by atoms with E-state index in [2.05, 4.69) is 36.3 Å². The standard InChI is InChI=1S/C14H20N4O3/c1-13(2)8-4-5-14(3,7-8)12(13)15-11(19)9-6-10(17-16-9)18(20)21/h6,8,12H,4-5,7H2,1-3H3,(H,15,19)(H,16,17)/t8?,12-,14+/m1/s1. The van der Waals surface area contributed by atoms with E-state index in [1.165, 1.54) is 12.5 Å². The van der Waals surface area contributed by atoms with Crippen LogP contribution in [0, 0.1) is 26.9 Å². The zero-order valence-corrected chi connectivity index (χ0v) is 12.5. The number of amides is 1. The number of hydrogen-bond acceptors (Lipinski definition) is 4. The van der Waals surface area contributed by atoms with Crippen molar-refractivity contribution in [1.29, 1.82) is 0 Å². The Morgan fingerprint density at radius 1 is 1.52 bits per heavy atom. The smallest absolute Gasteiger partial charge is 0.343 e. The molecule has 0 saturated heterocycles. The minimum Gasteiger partial charge on any atom is -0.358 e. The largest absolute Gasteiger partial charge is 0.358 e. The Morgan fingerprint density at radius 3 is 2.76 bits per heavy atom. The van der Waals surface area contributed by atoms with E-state index < -0.39 is 4.92 Å². The molecular formula is C14H20N4O3. The molecule has 2 N–H and O–H groups in total. The van der Waals surface area contributed by atoms with E-state index in [4.69, 9.17) is 0 Å². The average Bonchev–Trinajstić information content (AvgIpc) is 3.05. The van der Waals surface area contributed by atoms with Gasteiger partial charge in [-0.25, -0.2) is 0 Å². The number of nitrogens with one attached hydrogen (secondary N) is 2. The summed E-state index contributed by atoms with van der Waals surface area (Å²) in [5, 5.41) is 19.7. The predicted molar refractivity (Wildman–Crippen MR) is 75.7 cm³/mol. The lowest BCUT2D eigenvalue weighted by molar-refractivity contribution is -0.389. The first-order valence-corrected chi connectivity index (χ1v) is 7.25. The van der Waals surface area contributed by atoms with Gasteiger partial charge in [0.05, 0.1) is 6.07 Å². The van der Waals surface area contributed by atoms with Crippen molar-refractivity contribution in [1.82, 2.24) is 15.5 Å². The molecule has 1 heterocycles. The van der Waals surface area contributed by atoms with Gasteiger partial charge in [0.2, 0.25) is 0 Å². The fourth-order valence-electron chi connectivity index (χ4n) is 4.39. The highest BCUT2D eigenvalue weighted by atomic mass is 16.6. The van der Waals surface area contributed by atoms with Gasteiger partial charge in [0.15, 0.2) is 5.69 Å². The lowest BCUT2D eigenvalue weighted by atomic mass is 9.68. The molecule has 1 amide bonds. The van der Waals surface area contributed by atoms with Crippen LogP contribution in [-0.4, -0.2) is 27.1 Å². The Morgan fingerprint density at radius 2 is 2.24 bits per heavy atom. The van der Waals surface area contributed by atoms with Gasteiger partial charge in [0.1, 0.15) is 0 Å². The number of rotatable bonds is 3. The van der Waals surface area contributed by atoms with Gasteiger partial charge < -0.3 is 15.4 Å². The zero-order chi connectivity index (χ0) is 15.4. The van der Waals surface area contributed by atoms with Gasteiger partial charge in [-0.2, -0.15) is 0 Å². The lowest BCUT2D eigenvalue weighted by Crippen LogP contribution is -2.52. The molecule has 3 atom stereocenters. The molecule has 21 heavy (non-hydrogen) atoms. The van der Waals surface area contributed by atoms with Crippen molar-refractivity contribution in [3.63, 3.8) is 0 Å². The number of aromatic nitrogens is 2. The first-order valence-electron chi connectivity index (χ1n) is 7.25. The Hall–Kier alpha value is -1.92. The molecule has 7 heteroatoms. The third-order valence-corrected chi connectivity index (χ3v) is 5.54. The first kappa shape index (κ1) is 14.0. The molecule has 2 aliphatic carbocycles. The molecule has 2 fully saturated rings. The van der Waals surface area contributed by atoms with E-state index in [-0.39, 0.29) is 34.3 Å². The van der Waals surface area contributed by atoms with Crippen molar-refractivity contribution in [2.24, 2.45) is 16.7 Å². The second-order valence-electron chi connectivity index (χ2n) is 7.22. The molecule has 0 aliphatic heterocycles. The molecule has 7 nitrogen and oxygen atoms in total.